The van der Waals surface area contributed by atoms with Crippen LogP contribution in [0.15, 0.2) is 30.3 Å². The van der Waals surface area contributed by atoms with Crippen LogP contribution in [-0.4, -0.2) is 37.9 Å². The highest BCUT2D eigenvalue weighted by Gasteiger charge is 2.21. The number of carbonyl (C=O) groups excluding carboxylic acids is 1. The number of benzene rings is 1. The Morgan fingerprint density at radius 1 is 1.24 bits per heavy atom. The van der Waals surface area contributed by atoms with Gasteiger partial charge in [-0.3, -0.25) is 0 Å². The van der Waals surface area contributed by atoms with Crippen LogP contribution >= 0.6 is 0 Å². The van der Waals surface area contributed by atoms with Crippen molar-refractivity contribution in [1.82, 2.24) is 5.32 Å². The number of hydrogen-bond acceptors (Lipinski definition) is 3. The predicted octanol–water partition coefficient (Wildman–Crippen LogP) is 2.75. The molecule has 116 valence electrons. The Hall–Kier alpha value is -1.82. The molecule has 1 atom stereocenters. The highest BCUT2D eigenvalue weighted by Crippen LogP contribution is 2.08. The Morgan fingerprint density at radius 3 is 2.38 bits per heavy atom. The molecule has 1 rings (SSSR count). The van der Waals surface area contributed by atoms with Gasteiger partial charge in [0.1, 0.15) is 6.04 Å². The van der Waals surface area contributed by atoms with E-state index in [1.807, 2.05) is 30.3 Å². The second kappa shape index (κ2) is 7.83. The molecule has 21 heavy (non-hydrogen) atoms. The largest absolute Gasteiger partial charge is 0.480 e. The molecule has 0 fully saturated rings. The van der Waals surface area contributed by atoms with Crippen LogP contribution in [0.2, 0.25) is 25.7 Å². The summed E-state index contributed by atoms with van der Waals surface area (Å²) in [6, 6.07) is 9.06. The number of nitrogens with one attached hydrogen (secondary N) is 1. The van der Waals surface area contributed by atoms with E-state index in [0.717, 1.165) is 11.6 Å². The van der Waals surface area contributed by atoms with Gasteiger partial charge >= 0.3 is 12.1 Å². The number of ether oxygens (including phenoxy) is 1. The molecule has 1 aromatic carbocycles. The first-order valence-corrected chi connectivity index (χ1v) is 10.7. The maximum atomic E-state index is 11.7. The fourth-order valence-corrected chi connectivity index (χ4v) is 2.40. The monoisotopic (exact) mass is 309 g/mol. The topological polar surface area (TPSA) is 75.6 Å². The number of alkyl carbamates (subject to hydrolysis) is 1. The maximum absolute atomic E-state index is 11.7. The first-order chi connectivity index (χ1) is 9.78. The van der Waals surface area contributed by atoms with Crippen molar-refractivity contribution in [2.45, 2.75) is 38.1 Å². The lowest BCUT2D eigenvalue weighted by molar-refractivity contribution is -0.139. The molecule has 0 bridgehead atoms. The molecule has 0 heterocycles. The number of carboxylic acids is 1. The Morgan fingerprint density at radius 2 is 1.86 bits per heavy atom. The van der Waals surface area contributed by atoms with Crippen LogP contribution in [0.3, 0.4) is 0 Å². The Kier molecular flexibility index (Phi) is 6.42. The molecule has 2 N–H and O–H groups in total. The van der Waals surface area contributed by atoms with Crippen molar-refractivity contribution in [2.75, 3.05) is 6.61 Å². The van der Waals surface area contributed by atoms with Gasteiger partial charge in [-0.15, -0.1) is 0 Å². The quantitative estimate of drug-likeness (QED) is 0.759. The van der Waals surface area contributed by atoms with Crippen LogP contribution in [0, 0.1) is 0 Å². The summed E-state index contributed by atoms with van der Waals surface area (Å²) >= 11 is 0. The minimum atomic E-state index is -1.27. The Labute approximate surface area is 126 Å². The lowest BCUT2D eigenvalue weighted by Crippen LogP contribution is -2.42. The van der Waals surface area contributed by atoms with E-state index < -0.39 is 26.2 Å². The van der Waals surface area contributed by atoms with Gasteiger partial charge in [0, 0.05) is 14.5 Å². The van der Waals surface area contributed by atoms with Crippen LogP contribution in [0.5, 0.6) is 0 Å². The lowest BCUT2D eigenvalue weighted by atomic mass is 10.1. The average Bonchev–Trinajstić information content (AvgIpc) is 2.37. The normalized spacial score (nSPS) is 12.5. The van der Waals surface area contributed by atoms with Crippen molar-refractivity contribution in [3.8, 4) is 0 Å². The number of aliphatic carboxylic acids is 1. The van der Waals surface area contributed by atoms with Crippen molar-refractivity contribution < 1.29 is 19.4 Å². The van der Waals surface area contributed by atoms with Gasteiger partial charge in [0.05, 0.1) is 6.61 Å². The Balaban J connectivity index is 2.47. The highest BCUT2D eigenvalue weighted by molar-refractivity contribution is 6.76. The summed E-state index contributed by atoms with van der Waals surface area (Å²) in [5.74, 6) is -1.07. The third-order valence-corrected chi connectivity index (χ3v) is 4.66. The lowest BCUT2D eigenvalue weighted by Gasteiger charge is -2.17. The molecule has 0 radical (unpaired) electrons. The van der Waals surface area contributed by atoms with Gasteiger partial charge in [-0.05, 0) is 11.6 Å². The number of rotatable bonds is 7. The van der Waals surface area contributed by atoms with Gasteiger partial charge in [0.15, 0.2) is 0 Å². The zero-order valence-electron chi connectivity index (χ0n) is 12.8. The van der Waals surface area contributed by atoms with Gasteiger partial charge in [-0.2, -0.15) is 0 Å². The van der Waals surface area contributed by atoms with E-state index in [9.17, 15) is 14.7 Å². The fraction of sp³-hybridized carbons (Fsp3) is 0.467. The molecular weight excluding hydrogens is 286 g/mol. The first-order valence-electron chi connectivity index (χ1n) is 6.98. The van der Waals surface area contributed by atoms with Crippen LogP contribution in [0.1, 0.15) is 5.56 Å². The molecule has 0 saturated carbocycles. The second-order valence-corrected chi connectivity index (χ2v) is 11.8. The van der Waals surface area contributed by atoms with E-state index in [1.54, 1.807) is 0 Å². The summed E-state index contributed by atoms with van der Waals surface area (Å²) in [6.45, 7) is 6.89. The molecular formula is C15H23NO4Si. The average molecular weight is 309 g/mol. The third kappa shape index (κ3) is 7.50. The zero-order valence-corrected chi connectivity index (χ0v) is 13.8. The number of amides is 1. The molecule has 0 aliphatic rings. The fourth-order valence-electron chi connectivity index (χ4n) is 1.68. The summed E-state index contributed by atoms with van der Waals surface area (Å²) in [6.07, 6.45) is -0.434. The summed E-state index contributed by atoms with van der Waals surface area (Å²) in [5.41, 5.74) is 0.854. The Bertz CT molecular complexity index is 470. The molecule has 1 aromatic rings. The summed E-state index contributed by atoms with van der Waals surface area (Å²) < 4.78 is 5.06. The molecule has 5 nitrogen and oxygen atoms in total. The minimum absolute atomic E-state index is 0.235. The van der Waals surface area contributed by atoms with E-state index in [4.69, 9.17) is 4.74 Å². The SMILES string of the molecule is C[Si](C)(C)CCOC(=O)N[C@@H](Cc1ccccc1)C(=O)O. The molecule has 0 unspecified atom stereocenters. The first kappa shape index (κ1) is 17.2. The van der Waals surface area contributed by atoms with Gasteiger partial charge in [0.2, 0.25) is 0 Å². The minimum Gasteiger partial charge on any atom is -0.480 e. The predicted molar refractivity (Wildman–Crippen MR) is 84.2 cm³/mol. The smallest absolute Gasteiger partial charge is 0.407 e. The van der Waals surface area contributed by atoms with Gasteiger partial charge < -0.3 is 15.2 Å². The second-order valence-electron chi connectivity index (χ2n) is 6.17. The highest BCUT2D eigenvalue weighted by atomic mass is 28.3. The van der Waals surface area contributed by atoms with E-state index in [0.29, 0.717) is 6.61 Å². The molecule has 0 aliphatic heterocycles. The molecule has 1 amide bonds. The van der Waals surface area contributed by atoms with Crippen molar-refractivity contribution in [2.24, 2.45) is 0 Å². The zero-order chi connectivity index (χ0) is 15.9. The van der Waals surface area contributed by atoms with Gasteiger partial charge in [-0.1, -0.05) is 50.0 Å². The van der Waals surface area contributed by atoms with Crippen LogP contribution in [0.4, 0.5) is 4.79 Å². The van der Waals surface area contributed by atoms with E-state index in [1.165, 1.54) is 0 Å². The van der Waals surface area contributed by atoms with E-state index in [-0.39, 0.29) is 6.42 Å². The molecule has 0 saturated heterocycles. The maximum Gasteiger partial charge on any atom is 0.407 e. The standard InChI is InChI=1S/C15H23NO4Si/c1-21(2,3)10-9-20-15(19)16-13(14(17)18)11-12-7-5-4-6-8-12/h4-8,13H,9-11H2,1-3H3,(H,16,19)(H,17,18)/t13-/m0/s1. The van der Waals surface area contributed by atoms with Crippen molar-refractivity contribution in [1.29, 1.82) is 0 Å². The number of carbonyl (C=O) groups is 2. The van der Waals surface area contributed by atoms with Crippen LogP contribution < -0.4 is 5.32 Å². The molecule has 0 aliphatic carbocycles. The molecule has 0 spiro atoms. The van der Waals surface area contributed by atoms with Crippen molar-refractivity contribution in [3.63, 3.8) is 0 Å². The number of hydrogen-bond donors (Lipinski definition) is 2. The summed E-state index contributed by atoms with van der Waals surface area (Å²) in [4.78, 5) is 22.9. The third-order valence-electron chi connectivity index (χ3n) is 2.96. The number of carboxylic acid groups (broad SMARTS) is 1. The van der Waals surface area contributed by atoms with Crippen LogP contribution in [0.25, 0.3) is 0 Å². The van der Waals surface area contributed by atoms with Gasteiger partial charge in [0.25, 0.3) is 0 Å². The summed E-state index contributed by atoms with van der Waals surface area (Å²) in [5, 5.41) is 11.6. The van der Waals surface area contributed by atoms with E-state index in [2.05, 4.69) is 25.0 Å². The summed E-state index contributed by atoms with van der Waals surface area (Å²) in [7, 11) is -1.27. The van der Waals surface area contributed by atoms with Gasteiger partial charge in [-0.25, -0.2) is 9.59 Å². The molecule has 6 heteroatoms. The molecule has 0 aromatic heterocycles. The van der Waals surface area contributed by atoms with Crippen molar-refractivity contribution in [3.05, 3.63) is 35.9 Å². The van der Waals surface area contributed by atoms with Crippen LogP contribution in [-0.2, 0) is 16.0 Å². The van der Waals surface area contributed by atoms with E-state index >= 15 is 0 Å². The van der Waals surface area contributed by atoms with Crippen molar-refractivity contribution >= 4 is 20.1 Å².